The van der Waals surface area contributed by atoms with Crippen molar-refractivity contribution in [1.82, 2.24) is 19.4 Å². The molecule has 8 heteroatoms. The molecular formula is C27H27ClN4O3. The van der Waals surface area contributed by atoms with Gasteiger partial charge in [-0.15, -0.1) is 0 Å². The van der Waals surface area contributed by atoms with Crippen LogP contribution in [0.15, 0.2) is 67.1 Å². The SMILES string of the molecule is CC(C)(C)OC(=O)N1CC(COc2ccc(-c3cn(-c4ccccc4)c4ncnc(Cl)c34)cc2)C1. The first kappa shape index (κ1) is 23.2. The highest BCUT2D eigenvalue weighted by Crippen LogP contribution is 2.35. The van der Waals surface area contributed by atoms with Crippen molar-refractivity contribution < 1.29 is 14.3 Å². The Balaban J connectivity index is 1.28. The summed E-state index contributed by atoms with van der Waals surface area (Å²) in [7, 11) is 0. The van der Waals surface area contributed by atoms with Crippen LogP contribution >= 0.6 is 11.6 Å². The highest BCUT2D eigenvalue weighted by Gasteiger charge is 2.34. The van der Waals surface area contributed by atoms with Crippen LogP contribution in [0.2, 0.25) is 5.15 Å². The Labute approximate surface area is 209 Å². The summed E-state index contributed by atoms with van der Waals surface area (Å²) in [4.78, 5) is 22.5. The zero-order valence-corrected chi connectivity index (χ0v) is 20.7. The predicted molar refractivity (Wildman–Crippen MR) is 136 cm³/mol. The number of fused-ring (bicyclic) bond motifs is 1. The fourth-order valence-electron chi connectivity index (χ4n) is 4.12. The monoisotopic (exact) mass is 490 g/mol. The van der Waals surface area contributed by atoms with Gasteiger partial charge in [0.1, 0.15) is 28.5 Å². The van der Waals surface area contributed by atoms with Crippen LogP contribution in [-0.4, -0.2) is 50.8 Å². The lowest BCUT2D eigenvalue weighted by atomic mass is 10.0. The molecule has 3 heterocycles. The van der Waals surface area contributed by atoms with E-state index in [0.717, 1.165) is 33.6 Å². The zero-order valence-electron chi connectivity index (χ0n) is 19.9. The molecule has 0 spiro atoms. The van der Waals surface area contributed by atoms with Gasteiger partial charge in [0.15, 0.2) is 0 Å². The number of para-hydroxylation sites is 1. The van der Waals surface area contributed by atoms with Crippen molar-refractivity contribution in [2.45, 2.75) is 26.4 Å². The Morgan fingerprint density at radius 3 is 2.46 bits per heavy atom. The molecule has 1 aliphatic heterocycles. The first-order valence-corrected chi connectivity index (χ1v) is 11.9. The van der Waals surface area contributed by atoms with Gasteiger partial charge in [0.05, 0.1) is 12.0 Å². The molecule has 4 aromatic rings. The van der Waals surface area contributed by atoms with Crippen molar-refractivity contribution >= 4 is 28.7 Å². The van der Waals surface area contributed by atoms with Gasteiger partial charge in [-0.1, -0.05) is 41.9 Å². The second kappa shape index (κ2) is 9.23. The minimum Gasteiger partial charge on any atom is -0.493 e. The maximum absolute atomic E-state index is 12.1. The van der Waals surface area contributed by atoms with E-state index in [2.05, 4.69) is 9.97 Å². The summed E-state index contributed by atoms with van der Waals surface area (Å²) in [6.07, 6.45) is 3.25. The molecule has 0 saturated carbocycles. The molecule has 2 aromatic carbocycles. The van der Waals surface area contributed by atoms with E-state index in [4.69, 9.17) is 21.1 Å². The van der Waals surface area contributed by atoms with Gasteiger partial charge >= 0.3 is 6.09 Å². The van der Waals surface area contributed by atoms with Gasteiger partial charge in [-0.2, -0.15) is 0 Å². The number of carbonyl (C=O) groups is 1. The Morgan fingerprint density at radius 1 is 1.06 bits per heavy atom. The summed E-state index contributed by atoms with van der Waals surface area (Å²) >= 11 is 6.49. The number of benzene rings is 2. The van der Waals surface area contributed by atoms with Crippen LogP contribution in [0.25, 0.3) is 27.8 Å². The van der Waals surface area contributed by atoms with Gasteiger partial charge in [-0.05, 0) is 50.6 Å². The van der Waals surface area contributed by atoms with Crippen molar-refractivity contribution in [1.29, 1.82) is 0 Å². The fraction of sp³-hybridized carbons (Fsp3) is 0.296. The molecule has 0 aliphatic carbocycles. The number of hydrogen-bond acceptors (Lipinski definition) is 5. The van der Waals surface area contributed by atoms with Crippen LogP contribution in [-0.2, 0) is 4.74 Å². The Bertz CT molecular complexity index is 1340. The molecule has 0 atom stereocenters. The number of halogens is 1. The molecule has 2 aromatic heterocycles. The van der Waals surface area contributed by atoms with Crippen LogP contribution < -0.4 is 4.74 Å². The zero-order chi connectivity index (χ0) is 24.6. The molecule has 1 aliphatic rings. The van der Waals surface area contributed by atoms with E-state index in [1.165, 1.54) is 6.33 Å². The van der Waals surface area contributed by atoms with E-state index in [-0.39, 0.29) is 6.09 Å². The second-order valence-corrected chi connectivity index (χ2v) is 10.1. The largest absolute Gasteiger partial charge is 0.493 e. The average molecular weight is 491 g/mol. The highest BCUT2D eigenvalue weighted by atomic mass is 35.5. The molecule has 1 saturated heterocycles. The molecule has 35 heavy (non-hydrogen) atoms. The third-order valence-corrected chi connectivity index (χ3v) is 6.12. The topological polar surface area (TPSA) is 69.5 Å². The first-order chi connectivity index (χ1) is 16.8. The lowest BCUT2D eigenvalue weighted by Gasteiger charge is -2.39. The number of nitrogens with zero attached hydrogens (tertiary/aromatic N) is 4. The molecule has 7 nitrogen and oxygen atoms in total. The quantitative estimate of drug-likeness (QED) is 0.321. The van der Waals surface area contributed by atoms with E-state index in [1.807, 2.05) is 86.1 Å². The Morgan fingerprint density at radius 2 is 1.77 bits per heavy atom. The van der Waals surface area contributed by atoms with Gasteiger partial charge in [0.25, 0.3) is 0 Å². The maximum Gasteiger partial charge on any atom is 0.410 e. The number of amides is 1. The van der Waals surface area contributed by atoms with Gasteiger partial charge in [0, 0.05) is 36.5 Å². The normalized spacial score (nSPS) is 14.1. The molecule has 5 rings (SSSR count). The van der Waals surface area contributed by atoms with Crippen molar-refractivity contribution in [3.8, 4) is 22.6 Å². The van der Waals surface area contributed by atoms with Crippen LogP contribution in [0.1, 0.15) is 20.8 Å². The second-order valence-electron chi connectivity index (χ2n) is 9.70. The standard InChI is InChI=1S/C27H27ClN4O3/c1-27(2,3)35-26(33)31-13-18(14-31)16-34-21-11-9-19(10-12-21)22-15-32(20-7-5-4-6-8-20)25-23(22)24(28)29-17-30-25/h4-12,15,17-18H,13-14,16H2,1-3H3. The van der Waals surface area contributed by atoms with Crippen LogP contribution in [0, 0.1) is 5.92 Å². The number of ether oxygens (including phenoxy) is 2. The molecule has 1 fully saturated rings. The van der Waals surface area contributed by atoms with Gasteiger partial charge in [-0.25, -0.2) is 14.8 Å². The first-order valence-electron chi connectivity index (χ1n) is 11.6. The summed E-state index contributed by atoms with van der Waals surface area (Å²) in [6, 6.07) is 17.9. The number of carbonyl (C=O) groups excluding carboxylic acids is 1. The smallest absolute Gasteiger partial charge is 0.410 e. The summed E-state index contributed by atoms with van der Waals surface area (Å²) in [5.41, 5.74) is 3.22. The lowest BCUT2D eigenvalue weighted by Crippen LogP contribution is -2.53. The van der Waals surface area contributed by atoms with Crippen LogP contribution in [0.3, 0.4) is 0 Å². The van der Waals surface area contributed by atoms with Crippen molar-refractivity contribution in [2.24, 2.45) is 5.92 Å². The van der Waals surface area contributed by atoms with Crippen molar-refractivity contribution in [3.63, 3.8) is 0 Å². The van der Waals surface area contributed by atoms with Gasteiger partial charge in [-0.3, -0.25) is 0 Å². The minimum atomic E-state index is -0.482. The summed E-state index contributed by atoms with van der Waals surface area (Å²) in [6.45, 7) is 7.45. The third-order valence-electron chi connectivity index (χ3n) is 5.83. The fourth-order valence-corrected chi connectivity index (χ4v) is 4.35. The number of rotatable bonds is 5. The maximum atomic E-state index is 12.1. The molecule has 180 valence electrons. The number of aromatic nitrogens is 3. The molecule has 0 radical (unpaired) electrons. The highest BCUT2D eigenvalue weighted by molar-refractivity contribution is 6.35. The minimum absolute atomic E-state index is 0.268. The van der Waals surface area contributed by atoms with Crippen molar-refractivity contribution in [3.05, 3.63) is 72.3 Å². The average Bonchev–Trinajstić information content (AvgIpc) is 3.19. The van der Waals surface area contributed by atoms with Crippen LogP contribution in [0.5, 0.6) is 5.75 Å². The van der Waals surface area contributed by atoms with E-state index < -0.39 is 5.60 Å². The van der Waals surface area contributed by atoms with Crippen LogP contribution in [0.4, 0.5) is 4.79 Å². The lowest BCUT2D eigenvalue weighted by molar-refractivity contribution is -0.00781. The van der Waals surface area contributed by atoms with E-state index in [9.17, 15) is 4.79 Å². The van der Waals surface area contributed by atoms with Gasteiger partial charge < -0.3 is 18.9 Å². The summed E-state index contributed by atoms with van der Waals surface area (Å²) < 4.78 is 13.4. The Hall–Kier alpha value is -3.58. The molecule has 0 N–H and O–H groups in total. The Kier molecular flexibility index (Phi) is 6.11. The number of hydrogen-bond donors (Lipinski definition) is 0. The third kappa shape index (κ3) is 4.95. The summed E-state index contributed by atoms with van der Waals surface area (Å²) in [5, 5.41) is 1.22. The molecule has 0 bridgehead atoms. The van der Waals surface area contributed by atoms with E-state index in [1.54, 1.807) is 4.90 Å². The molecule has 0 unspecified atom stereocenters. The predicted octanol–water partition coefficient (Wildman–Crippen LogP) is 5.99. The van der Waals surface area contributed by atoms with E-state index >= 15 is 0 Å². The van der Waals surface area contributed by atoms with Gasteiger partial charge in [0.2, 0.25) is 0 Å². The van der Waals surface area contributed by atoms with E-state index in [0.29, 0.717) is 30.8 Å². The molecule has 1 amide bonds. The molecular weight excluding hydrogens is 464 g/mol. The summed E-state index contributed by atoms with van der Waals surface area (Å²) in [5.74, 6) is 1.07. The van der Waals surface area contributed by atoms with Crippen molar-refractivity contribution in [2.75, 3.05) is 19.7 Å². The number of likely N-dealkylation sites (tertiary alicyclic amines) is 1.